The Bertz CT molecular complexity index is 774. The fourth-order valence-electron chi connectivity index (χ4n) is 3.25. The quantitative estimate of drug-likeness (QED) is 0.887. The van der Waals surface area contributed by atoms with Gasteiger partial charge in [0.25, 0.3) is 0 Å². The standard InChI is InChI=1S/C18H22F2N4O/c1-3-12-9-13(23-22-12)10-21-18(25)24-8-4-5-15(24)16-14(19)7-6-11(2)17(16)20/h6-7,9,15H,3-5,8,10H2,1-2H3,(H,21,25)(H,22,23). The number of hydrogen-bond acceptors (Lipinski definition) is 2. The van der Waals surface area contributed by atoms with E-state index >= 15 is 0 Å². The van der Waals surface area contributed by atoms with Crippen molar-refractivity contribution >= 4 is 6.03 Å². The predicted molar refractivity (Wildman–Crippen MR) is 90.0 cm³/mol. The van der Waals surface area contributed by atoms with Gasteiger partial charge in [-0.15, -0.1) is 0 Å². The van der Waals surface area contributed by atoms with Crippen LogP contribution in [0.4, 0.5) is 13.6 Å². The molecule has 7 heteroatoms. The van der Waals surface area contributed by atoms with Crippen molar-refractivity contribution < 1.29 is 13.6 Å². The molecule has 0 aliphatic carbocycles. The summed E-state index contributed by atoms with van der Waals surface area (Å²) >= 11 is 0. The first-order valence-electron chi connectivity index (χ1n) is 8.53. The molecule has 0 saturated carbocycles. The second-order valence-corrected chi connectivity index (χ2v) is 6.34. The number of nitrogens with zero attached hydrogens (tertiary/aromatic N) is 2. The monoisotopic (exact) mass is 348 g/mol. The van der Waals surface area contributed by atoms with Crippen LogP contribution in [0.3, 0.4) is 0 Å². The predicted octanol–water partition coefficient (Wildman–Crippen LogP) is 3.61. The largest absolute Gasteiger partial charge is 0.332 e. The number of H-pyrrole nitrogens is 1. The molecule has 5 nitrogen and oxygen atoms in total. The van der Waals surface area contributed by atoms with E-state index in [1.807, 2.05) is 13.0 Å². The van der Waals surface area contributed by atoms with Gasteiger partial charge < -0.3 is 10.2 Å². The number of rotatable bonds is 4. The molecule has 2 amide bonds. The third-order valence-corrected chi connectivity index (χ3v) is 4.64. The number of urea groups is 1. The minimum atomic E-state index is -0.603. The maximum Gasteiger partial charge on any atom is 0.318 e. The molecule has 1 unspecified atom stereocenters. The fraction of sp³-hybridized carbons (Fsp3) is 0.444. The van der Waals surface area contributed by atoms with Crippen LogP contribution >= 0.6 is 0 Å². The molecule has 2 N–H and O–H groups in total. The van der Waals surface area contributed by atoms with E-state index in [0.29, 0.717) is 25.1 Å². The molecule has 134 valence electrons. The molecule has 0 bridgehead atoms. The van der Waals surface area contributed by atoms with Gasteiger partial charge in [0.05, 0.1) is 24.0 Å². The SMILES string of the molecule is CCc1cc(CNC(=O)N2CCCC2c2c(F)ccc(C)c2F)[nH]n1. The van der Waals surface area contributed by atoms with E-state index in [9.17, 15) is 13.6 Å². The first-order chi connectivity index (χ1) is 12.0. The zero-order valence-electron chi connectivity index (χ0n) is 14.4. The molecule has 2 heterocycles. The van der Waals surface area contributed by atoms with Gasteiger partial charge in [0.15, 0.2) is 0 Å². The minimum Gasteiger partial charge on any atom is -0.332 e. The van der Waals surface area contributed by atoms with Crippen LogP contribution in [0.2, 0.25) is 0 Å². The summed E-state index contributed by atoms with van der Waals surface area (Å²) in [6.07, 6.45) is 2.08. The number of hydrogen-bond donors (Lipinski definition) is 2. The molecule has 1 fully saturated rings. The highest BCUT2D eigenvalue weighted by molar-refractivity contribution is 5.75. The van der Waals surface area contributed by atoms with Gasteiger partial charge in [0.1, 0.15) is 11.6 Å². The van der Waals surface area contributed by atoms with Crippen molar-refractivity contribution in [1.82, 2.24) is 20.4 Å². The zero-order valence-corrected chi connectivity index (χ0v) is 14.4. The average molecular weight is 348 g/mol. The molecule has 0 radical (unpaired) electrons. The molecule has 1 aromatic carbocycles. The summed E-state index contributed by atoms with van der Waals surface area (Å²) < 4.78 is 28.6. The summed E-state index contributed by atoms with van der Waals surface area (Å²) in [4.78, 5) is 14.0. The van der Waals surface area contributed by atoms with Crippen LogP contribution in [0.25, 0.3) is 0 Å². The van der Waals surface area contributed by atoms with Crippen molar-refractivity contribution in [3.8, 4) is 0 Å². The molecule has 1 aliphatic heterocycles. The number of likely N-dealkylation sites (tertiary alicyclic amines) is 1. The lowest BCUT2D eigenvalue weighted by atomic mass is 10.0. The second-order valence-electron chi connectivity index (χ2n) is 6.34. The number of aromatic amines is 1. The van der Waals surface area contributed by atoms with E-state index in [-0.39, 0.29) is 11.6 Å². The van der Waals surface area contributed by atoms with E-state index in [4.69, 9.17) is 0 Å². The lowest BCUT2D eigenvalue weighted by molar-refractivity contribution is 0.190. The lowest BCUT2D eigenvalue weighted by Gasteiger charge is -2.26. The average Bonchev–Trinajstić information content (AvgIpc) is 3.26. The third-order valence-electron chi connectivity index (χ3n) is 4.64. The van der Waals surface area contributed by atoms with E-state index in [1.165, 1.54) is 17.0 Å². The summed E-state index contributed by atoms with van der Waals surface area (Å²) in [6, 6.07) is 3.67. The number of benzene rings is 1. The van der Waals surface area contributed by atoms with Gasteiger partial charge in [-0.05, 0) is 43.9 Å². The topological polar surface area (TPSA) is 61.0 Å². The third kappa shape index (κ3) is 3.50. The molecular weight excluding hydrogens is 326 g/mol. The van der Waals surface area contributed by atoms with Gasteiger partial charge >= 0.3 is 6.03 Å². The van der Waals surface area contributed by atoms with Gasteiger partial charge in [-0.3, -0.25) is 5.10 Å². The molecule has 3 rings (SSSR count). The van der Waals surface area contributed by atoms with Crippen LogP contribution in [-0.4, -0.2) is 27.7 Å². The Balaban J connectivity index is 1.73. The van der Waals surface area contributed by atoms with E-state index in [2.05, 4.69) is 15.5 Å². The maximum absolute atomic E-state index is 14.4. The summed E-state index contributed by atoms with van der Waals surface area (Å²) in [7, 11) is 0. The first-order valence-corrected chi connectivity index (χ1v) is 8.53. The van der Waals surface area contributed by atoms with Crippen molar-refractivity contribution in [3.05, 3.63) is 52.3 Å². The fourth-order valence-corrected chi connectivity index (χ4v) is 3.25. The van der Waals surface area contributed by atoms with Crippen molar-refractivity contribution in [1.29, 1.82) is 0 Å². The maximum atomic E-state index is 14.4. The molecule has 0 spiro atoms. The van der Waals surface area contributed by atoms with Crippen LogP contribution < -0.4 is 5.32 Å². The van der Waals surface area contributed by atoms with Gasteiger partial charge in [-0.1, -0.05) is 13.0 Å². The molecular formula is C18H22F2N4O. The Morgan fingerprint density at radius 1 is 1.44 bits per heavy atom. The van der Waals surface area contributed by atoms with Gasteiger partial charge in [-0.25, -0.2) is 13.6 Å². The number of halogens is 2. The number of aryl methyl sites for hydroxylation is 2. The van der Waals surface area contributed by atoms with E-state index < -0.39 is 17.7 Å². The number of aromatic nitrogens is 2. The highest BCUT2D eigenvalue weighted by Gasteiger charge is 2.34. The van der Waals surface area contributed by atoms with Gasteiger partial charge in [-0.2, -0.15) is 5.10 Å². The van der Waals surface area contributed by atoms with Crippen LogP contribution in [0.5, 0.6) is 0 Å². The van der Waals surface area contributed by atoms with Crippen LogP contribution in [0.1, 0.15) is 48.3 Å². The summed E-state index contributed by atoms with van der Waals surface area (Å²) in [5.41, 5.74) is 2.09. The van der Waals surface area contributed by atoms with Crippen LogP contribution in [-0.2, 0) is 13.0 Å². The van der Waals surface area contributed by atoms with E-state index in [0.717, 1.165) is 24.2 Å². The molecule has 25 heavy (non-hydrogen) atoms. The molecule has 1 saturated heterocycles. The Morgan fingerprint density at radius 3 is 2.96 bits per heavy atom. The zero-order chi connectivity index (χ0) is 18.0. The summed E-state index contributed by atoms with van der Waals surface area (Å²) in [5, 5.41) is 9.79. The first kappa shape index (κ1) is 17.4. The van der Waals surface area contributed by atoms with Crippen molar-refractivity contribution in [3.63, 3.8) is 0 Å². The molecule has 2 aromatic rings. The second kappa shape index (κ2) is 7.21. The van der Waals surface area contributed by atoms with Crippen molar-refractivity contribution in [2.75, 3.05) is 6.54 Å². The van der Waals surface area contributed by atoms with E-state index in [1.54, 1.807) is 6.92 Å². The highest BCUT2D eigenvalue weighted by atomic mass is 19.1. The smallest absolute Gasteiger partial charge is 0.318 e. The number of carbonyl (C=O) groups excluding carboxylic acids is 1. The molecule has 1 aromatic heterocycles. The molecule has 1 aliphatic rings. The van der Waals surface area contributed by atoms with Gasteiger partial charge in [0, 0.05) is 12.1 Å². The van der Waals surface area contributed by atoms with Crippen LogP contribution in [0, 0.1) is 18.6 Å². The van der Waals surface area contributed by atoms with Crippen LogP contribution in [0.15, 0.2) is 18.2 Å². The van der Waals surface area contributed by atoms with Crippen molar-refractivity contribution in [2.45, 2.75) is 45.7 Å². The lowest BCUT2D eigenvalue weighted by Crippen LogP contribution is -2.39. The summed E-state index contributed by atoms with van der Waals surface area (Å²) in [6.45, 7) is 4.37. The highest BCUT2D eigenvalue weighted by Crippen LogP contribution is 2.35. The Morgan fingerprint density at radius 2 is 2.24 bits per heavy atom. The number of nitrogens with one attached hydrogen (secondary N) is 2. The number of amides is 2. The van der Waals surface area contributed by atoms with Crippen molar-refractivity contribution in [2.24, 2.45) is 0 Å². The van der Waals surface area contributed by atoms with Gasteiger partial charge in [0.2, 0.25) is 0 Å². The summed E-state index contributed by atoms with van der Waals surface area (Å²) in [5.74, 6) is -1.17. The Hall–Kier alpha value is -2.44. The molecule has 1 atom stereocenters. The Labute approximate surface area is 145 Å². The Kier molecular flexibility index (Phi) is 5.01. The normalized spacial score (nSPS) is 17.1. The number of carbonyl (C=O) groups is 1. The minimum absolute atomic E-state index is 0.0116.